The Kier molecular flexibility index (Phi) is 3.89. The van der Waals surface area contributed by atoms with Crippen LogP contribution in [0.3, 0.4) is 0 Å². The van der Waals surface area contributed by atoms with Crippen LogP contribution in [-0.2, 0) is 4.79 Å². The lowest BCUT2D eigenvalue weighted by molar-refractivity contribution is -0.137. The third kappa shape index (κ3) is 2.88. The molecule has 3 nitrogen and oxygen atoms in total. The van der Waals surface area contributed by atoms with Crippen LogP contribution in [0.25, 0.3) is 5.57 Å². The second-order valence-electron chi connectivity index (χ2n) is 5.47. The highest BCUT2D eigenvalue weighted by Crippen LogP contribution is 2.25. The first-order valence-corrected chi connectivity index (χ1v) is 6.59. The standard InChI is InChI=1S/C16H17FN2O/c1-16(2,11-18)15(20)19-9-7-13(8-10-19)12-3-5-14(17)6-4-12/h3-7H,8-10H2,1-2H3. The van der Waals surface area contributed by atoms with Gasteiger partial charge in [0.2, 0.25) is 5.91 Å². The number of nitrogens with zero attached hydrogens (tertiary/aromatic N) is 2. The van der Waals surface area contributed by atoms with Crippen molar-refractivity contribution in [1.82, 2.24) is 4.90 Å². The van der Waals surface area contributed by atoms with Crippen molar-refractivity contribution in [2.24, 2.45) is 5.41 Å². The molecule has 0 aromatic heterocycles. The molecule has 1 aliphatic rings. The van der Waals surface area contributed by atoms with Crippen LogP contribution in [-0.4, -0.2) is 23.9 Å². The van der Waals surface area contributed by atoms with E-state index in [4.69, 9.17) is 5.26 Å². The monoisotopic (exact) mass is 272 g/mol. The molecule has 0 fully saturated rings. The molecule has 0 aliphatic carbocycles. The van der Waals surface area contributed by atoms with Crippen LogP contribution in [0, 0.1) is 22.6 Å². The highest BCUT2D eigenvalue weighted by molar-refractivity contribution is 5.85. The van der Waals surface area contributed by atoms with Gasteiger partial charge in [0.1, 0.15) is 11.2 Å². The smallest absolute Gasteiger partial charge is 0.242 e. The van der Waals surface area contributed by atoms with E-state index in [1.54, 1.807) is 30.9 Å². The number of rotatable bonds is 2. The summed E-state index contributed by atoms with van der Waals surface area (Å²) in [5.74, 6) is -0.396. The topological polar surface area (TPSA) is 44.1 Å². The molecule has 0 saturated heterocycles. The van der Waals surface area contributed by atoms with Crippen molar-refractivity contribution in [1.29, 1.82) is 5.26 Å². The van der Waals surface area contributed by atoms with Gasteiger partial charge in [0.15, 0.2) is 0 Å². The van der Waals surface area contributed by atoms with E-state index >= 15 is 0 Å². The van der Waals surface area contributed by atoms with Crippen molar-refractivity contribution in [2.45, 2.75) is 20.3 Å². The summed E-state index contributed by atoms with van der Waals surface area (Å²) in [7, 11) is 0. The summed E-state index contributed by atoms with van der Waals surface area (Å²) in [6.07, 6.45) is 2.70. The molecule has 0 unspecified atom stereocenters. The predicted octanol–water partition coefficient (Wildman–Crippen LogP) is 2.99. The largest absolute Gasteiger partial charge is 0.337 e. The van der Waals surface area contributed by atoms with Crippen LogP contribution in [0.15, 0.2) is 30.3 Å². The summed E-state index contributed by atoms with van der Waals surface area (Å²) in [6, 6.07) is 8.40. The first-order valence-electron chi connectivity index (χ1n) is 6.59. The molecule has 0 spiro atoms. The van der Waals surface area contributed by atoms with Crippen LogP contribution in [0.1, 0.15) is 25.8 Å². The summed E-state index contributed by atoms with van der Waals surface area (Å²) in [5.41, 5.74) is 1.11. The van der Waals surface area contributed by atoms with E-state index in [9.17, 15) is 9.18 Å². The van der Waals surface area contributed by atoms with E-state index in [2.05, 4.69) is 0 Å². The van der Waals surface area contributed by atoms with E-state index in [1.807, 2.05) is 12.1 Å². The van der Waals surface area contributed by atoms with Crippen molar-refractivity contribution >= 4 is 11.5 Å². The summed E-state index contributed by atoms with van der Waals surface area (Å²) in [6.45, 7) is 4.35. The van der Waals surface area contributed by atoms with Gasteiger partial charge < -0.3 is 4.90 Å². The molecule has 0 saturated carbocycles. The van der Waals surface area contributed by atoms with Gasteiger partial charge in [-0.1, -0.05) is 18.2 Å². The lowest BCUT2D eigenvalue weighted by Gasteiger charge is -2.30. The second kappa shape index (κ2) is 5.46. The normalized spacial score (nSPS) is 15.5. The molecule has 1 aromatic carbocycles. The fraction of sp³-hybridized carbons (Fsp3) is 0.375. The molecule has 1 aliphatic heterocycles. The molecule has 104 valence electrons. The average Bonchev–Trinajstić information content (AvgIpc) is 2.47. The maximum atomic E-state index is 12.9. The first-order chi connectivity index (χ1) is 9.44. The number of halogens is 1. The Balaban J connectivity index is 2.10. The van der Waals surface area contributed by atoms with Crippen LogP contribution in [0.5, 0.6) is 0 Å². The Morgan fingerprint density at radius 1 is 1.35 bits per heavy atom. The molecule has 0 radical (unpaired) electrons. The molecule has 0 N–H and O–H groups in total. The van der Waals surface area contributed by atoms with Gasteiger partial charge >= 0.3 is 0 Å². The van der Waals surface area contributed by atoms with E-state index in [-0.39, 0.29) is 11.7 Å². The molecule has 0 bridgehead atoms. The van der Waals surface area contributed by atoms with Gasteiger partial charge in [-0.05, 0) is 43.5 Å². The molecular weight excluding hydrogens is 255 g/mol. The zero-order valence-electron chi connectivity index (χ0n) is 11.7. The van der Waals surface area contributed by atoms with Crippen molar-refractivity contribution in [3.63, 3.8) is 0 Å². The molecule has 1 amide bonds. The van der Waals surface area contributed by atoms with Crippen LogP contribution < -0.4 is 0 Å². The number of nitriles is 1. The third-order valence-electron chi connectivity index (χ3n) is 3.53. The maximum absolute atomic E-state index is 12.9. The Morgan fingerprint density at radius 3 is 2.50 bits per heavy atom. The molecule has 2 rings (SSSR count). The van der Waals surface area contributed by atoms with Gasteiger partial charge in [0, 0.05) is 13.1 Å². The van der Waals surface area contributed by atoms with Crippen molar-refractivity contribution in [3.8, 4) is 6.07 Å². The van der Waals surface area contributed by atoms with Crippen molar-refractivity contribution < 1.29 is 9.18 Å². The fourth-order valence-electron chi connectivity index (χ4n) is 2.22. The zero-order valence-corrected chi connectivity index (χ0v) is 11.7. The van der Waals surface area contributed by atoms with E-state index in [1.165, 1.54) is 12.1 Å². The lowest BCUT2D eigenvalue weighted by Crippen LogP contribution is -2.42. The fourth-order valence-corrected chi connectivity index (χ4v) is 2.22. The highest BCUT2D eigenvalue weighted by atomic mass is 19.1. The molecule has 1 heterocycles. The summed E-state index contributed by atoms with van der Waals surface area (Å²) in [5, 5.41) is 9.00. The molecule has 4 heteroatoms. The first kappa shape index (κ1) is 14.3. The Hall–Kier alpha value is -2.15. The minimum absolute atomic E-state index is 0.144. The molecule has 1 aromatic rings. The minimum atomic E-state index is -0.985. The molecule has 0 atom stereocenters. The Labute approximate surface area is 118 Å². The van der Waals surface area contributed by atoms with Gasteiger partial charge in [0.25, 0.3) is 0 Å². The number of benzene rings is 1. The second-order valence-corrected chi connectivity index (χ2v) is 5.47. The van der Waals surface area contributed by atoms with E-state index < -0.39 is 5.41 Å². The Bertz CT molecular complexity index is 581. The van der Waals surface area contributed by atoms with Gasteiger partial charge in [-0.3, -0.25) is 4.79 Å². The SMILES string of the molecule is CC(C)(C#N)C(=O)N1CC=C(c2ccc(F)cc2)CC1. The Morgan fingerprint density at radius 2 is 2.00 bits per heavy atom. The lowest BCUT2D eigenvalue weighted by atomic mass is 9.92. The van der Waals surface area contributed by atoms with Crippen LogP contribution in [0.4, 0.5) is 4.39 Å². The molecular formula is C16H17FN2O. The average molecular weight is 272 g/mol. The predicted molar refractivity (Wildman–Crippen MR) is 75.0 cm³/mol. The van der Waals surface area contributed by atoms with E-state index in [0.29, 0.717) is 13.1 Å². The molecule has 20 heavy (non-hydrogen) atoms. The van der Waals surface area contributed by atoms with Gasteiger partial charge in [-0.25, -0.2) is 4.39 Å². The van der Waals surface area contributed by atoms with Crippen LogP contribution >= 0.6 is 0 Å². The van der Waals surface area contributed by atoms with Crippen molar-refractivity contribution in [2.75, 3.05) is 13.1 Å². The van der Waals surface area contributed by atoms with Crippen LogP contribution in [0.2, 0.25) is 0 Å². The quantitative estimate of drug-likeness (QED) is 0.830. The maximum Gasteiger partial charge on any atom is 0.242 e. The van der Waals surface area contributed by atoms with Crippen molar-refractivity contribution in [3.05, 3.63) is 41.7 Å². The van der Waals surface area contributed by atoms with Gasteiger partial charge in [-0.2, -0.15) is 5.26 Å². The highest BCUT2D eigenvalue weighted by Gasteiger charge is 2.32. The van der Waals surface area contributed by atoms with Gasteiger partial charge in [0.05, 0.1) is 6.07 Å². The summed E-state index contributed by atoms with van der Waals surface area (Å²) in [4.78, 5) is 13.9. The minimum Gasteiger partial charge on any atom is -0.337 e. The number of amides is 1. The summed E-state index contributed by atoms with van der Waals surface area (Å²) < 4.78 is 12.9. The number of carbonyl (C=O) groups is 1. The zero-order chi connectivity index (χ0) is 14.8. The van der Waals surface area contributed by atoms with E-state index in [0.717, 1.165) is 17.6 Å². The van der Waals surface area contributed by atoms with Gasteiger partial charge in [-0.15, -0.1) is 0 Å². The number of hydrogen-bond acceptors (Lipinski definition) is 2. The number of carbonyl (C=O) groups excluding carboxylic acids is 1. The third-order valence-corrected chi connectivity index (χ3v) is 3.53. The summed E-state index contributed by atoms with van der Waals surface area (Å²) >= 11 is 0. The number of hydrogen-bond donors (Lipinski definition) is 0.